The fourth-order valence-corrected chi connectivity index (χ4v) is 13.2. The maximum absolute atomic E-state index is 11.2. The maximum Gasteiger partial charge on any atom is 0.358 e. The van der Waals surface area contributed by atoms with Crippen molar-refractivity contribution in [2.75, 3.05) is 0 Å². The first-order chi connectivity index (χ1) is 12.9. The third-order valence-electron chi connectivity index (χ3n) is 4.53. The van der Waals surface area contributed by atoms with Gasteiger partial charge in [-0.25, -0.2) is 0 Å². The topological polar surface area (TPSA) is 38.7 Å². The summed E-state index contributed by atoms with van der Waals surface area (Å²) in [5.41, 5.74) is 0. The number of benzene rings is 3. The lowest BCUT2D eigenvalue weighted by molar-refractivity contribution is 0.344. The van der Waals surface area contributed by atoms with Gasteiger partial charge in [0.15, 0.2) is 0 Å². The Morgan fingerprint density at radius 2 is 1.15 bits per heavy atom. The molecular weight excluding hydrogens is 384 g/mol. The van der Waals surface area contributed by atoms with E-state index in [9.17, 15) is 4.80 Å². The molecule has 0 amide bonds. The highest BCUT2D eigenvalue weighted by Gasteiger charge is 2.45. The molecular formula is C21H25O3Si3. The van der Waals surface area contributed by atoms with Crippen molar-refractivity contribution in [2.45, 2.75) is 19.6 Å². The molecule has 0 fully saturated rings. The Hall–Kier alpha value is -1.81. The minimum Gasteiger partial charge on any atom is -0.429 e. The standard InChI is InChI=1S/C21H25O3Si3/c1-25(19-13-7-4-8-14-19)23-27(3,21-17-11-6-12-18-21)24-26(2,22)20-15-9-5-10-16-20/h4-18,22H,1-3H3. The average molecular weight is 410 g/mol. The summed E-state index contributed by atoms with van der Waals surface area (Å²) in [4.78, 5) is 11.2. The van der Waals surface area contributed by atoms with E-state index in [0.29, 0.717) is 0 Å². The zero-order valence-electron chi connectivity index (χ0n) is 15.9. The summed E-state index contributed by atoms with van der Waals surface area (Å²) in [6.45, 7) is 6.00. The van der Waals surface area contributed by atoms with E-state index in [4.69, 9.17) is 8.23 Å². The van der Waals surface area contributed by atoms with Crippen LogP contribution in [-0.2, 0) is 8.23 Å². The van der Waals surface area contributed by atoms with Crippen LogP contribution in [-0.4, -0.2) is 31.0 Å². The summed E-state index contributed by atoms with van der Waals surface area (Å²) in [5.74, 6) is 0. The van der Waals surface area contributed by atoms with Gasteiger partial charge in [-0.1, -0.05) is 91.0 Å². The number of hydrogen-bond donors (Lipinski definition) is 1. The van der Waals surface area contributed by atoms with Crippen molar-refractivity contribution in [3.8, 4) is 0 Å². The van der Waals surface area contributed by atoms with Crippen molar-refractivity contribution in [3.63, 3.8) is 0 Å². The Labute approximate surface area is 165 Å². The van der Waals surface area contributed by atoms with Gasteiger partial charge in [-0.15, -0.1) is 0 Å². The second-order valence-electron chi connectivity index (χ2n) is 6.79. The van der Waals surface area contributed by atoms with Crippen LogP contribution in [0.15, 0.2) is 91.0 Å². The van der Waals surface area contributed by atoms with Gasteiger partial charge in [0, 0.05) is 0 Å². The van der Waals surface area contributed by atoms with Crippen molar-refractivity contribution in [1.29, 1.82) is 0 Å². The molecule has 1 N–H and O–H groups in total. The van der Waals surface area contributed by atoms with Gasteiger partial charge in [-0.3, -0.25) is 0 Å². The van der Waals surface area contributed by atoms with Crippen molar-refractivity contribution < 1.29 is 13.0 Å². The summed E-state index contributed by atoms with van der Waals surface area (Å²) in [7, 11) is -7.22. The molecule has 3 rings (SSSR count). The Kier molecular flexibility index (Phi) is 6.26. The molecule has 0 saturated carbocycles. The highest BCUT2D eigenvalue weighted by Crippen LogP contribution is 2.16. The maximum atomic E-state index is 11.2. The molecule has 0 heterocycles. The smallest absolute Gasteiger partial charge is 0.358 e. The molecule has 0 aliphatic carbocycles. The minimum absolute atomic E-state index is 0.854. The highest BCUT2D eigenvalue weighted by atomic mass is 28.5. The van der Waals surface area contributed by atoms with Crippen LogP contribution in [0.5, 0.6) is 0 Å². The first kappa shape index (κ1) is 19.9. The van der Waals surface area contributed by atoms with E-state index in [1.807, 2.05) is 92.0 Å². The molecule has 3 aromatic carbocycles. The van der Waals surface area contributed by atoms with Gasteiger partial charge in [0.05, 0.1) is 0 Å². The molecule has 27 heavy (non-hydrogen) atoms. The Morgan fingerprint density at radius 3 is 1.67 bits per heavy atom. The van der Waals surface area contributed by atoms with Gasteiger partial charge in [0.25, 0.3) is 0 Å². The number of rotatable bonds is 7. The second-order valence-corrected chi connectivity index (χ2v) is 15.1. The van der Waals surface area contributed by atoms with Gasteiger partial charge < -0.3 is 13.0 Å². The molecule has 3 nitrogen and oxygen atoms in total. The van der Waals surface area contributed by atoms with E-state index in [2.05, 4.69) is 18.7 Å². The molecule has 0 aliphatic rings. The normalized spacial score (nSPS) is 15.9. The van der Waals surface area contributed by atoms with Gasteiger partial charge in [-0.2, -0.15) is 0 Å². The average Bonchev–Trinajstić information content (AvgIpc) is 2.69. The van der Waals surface area contributed by atoms with Crippen molar-refractivity contribution in [2.24, 2.45) is 0 Å². The lowest BCUT2D eigenvalue weighted by atomic mass is 10.4. The predicted molar refractivity (Wildman–Crippen MR) is 117 cm³/mol. The molecule has 6 heteroatoms. The van der Waals surface area contributed by atoms with E-state index in [-0.39, 0.29) is 0 Å². The first-order valence-electron chi connectivity index (χ1n) is 9.02. The quantitative estimate of drug-likeness (QED) is 0.610. The van der Waals surface area contributed by atoms with E-state index < -0.39 is 26.2 Å². The van der Waals surface area contributed by atoms with Crippen LogP contribution in [0.3, 0.4) is 0 Å². The molecule has 1 radical (unpaired) electrons. The largest absolute Gasteiger partial charge is 0.429 e. The fourth-order valence-electron chi connectivity index (χ4n) is 3.09. The molecule has 139 valence electrons. The van der Waals surface area contributed by atoms with Crippen molar-refractivity contribution in [1.82, 2.24) is 0 Å². The number of hydrogen-bond acceptors (Lipinski definition) is 3. The Balaban J connectivity index is 1.93. The van der Waals surface area contributed by atoms with Crippen LogP contribution in [0.4, 0.5) is 0 Å². The first-order valence-corrected chi connectivity index (χ1v) is 15.6. The van der Waals surface area contributed by atoms with E-state index in [0.717, 1.165) is 10.4 Å². The van der Waals surface area contributed by atoms with Crippen molar-refractivity contribution in [3.05, 3.63) is 91.0 Å². The summed E-state index contributed by atoms with van der Waals surface area (Å²) in [6, 6.07) is 30.0. The van der Waals surface area contributed by atoms with Crippen LogP contribution in [0, 0.1) is 0 Å². The zero-order valence-corrected chi connectivity index (χ0v) is 18.9. The van der Waals surface area contributed by atoms with Crippen LogP contribution in [0.2, 0.25) is 19.6 Å². The van der Waals surface area contributed by atoms with Crippen LogP contribution in [0.1, 0.15) is 0 Å². The summed E-state index contributed by atoms with van der Waals surface area (Å²) < 4.78 is 13.2. The predicted octanol–water partition coefficient (Wildman–Crippen LogP) is 2.50. The lowest BCUT2D eigenvalue weighted by Gasteiger charge is -2.36. The monoisotopic (exact) mass is 409 g/mol. The zero-order chi connectivity index (χ0) is 19.3. The Morgan fingerprint density at radius 1 is 0.704 bits per heavy atom. The molecule has 0 aromatic heterocycles. The van der Waals surface area contributed by atoms with E-state index in [1.165, 1.54) is 5.19 Å². The summed E-state index contributed by atoms with van der Waals surface area (Å²) >= 11 is 0. The van der Waals surface area contributed by atoms with E-state index in [1.54, 1.807) is 0 Å². The van der Waals surface area contributed by atoms with Gasteiger partial charge in [0.1, 0.15) is 0 Å². The van der Waals surface area contributed by atoms with Crippen molar-refractivity contribution >= 4 is 41.7 Å². The van der Waals surface area contributed by atoms with Crippen LogP contribution in [0.25, 0.3) is 0 Å². The molecule has 0 aliphatic heterocycles. The second kappa shape index (κ2) is 8.47. The minimum atomic E-state index is -3.11. The van der Waals surface area contributed by atoms with Crippen LogP contribution >= 0.6 is 0 Å². The van der Waals surface area contributed by atoms with Gasteiger partial charge in [0.2, 0.25) is 9.04 Å². The SMILES string of the molecule is C[Si](O[Si](C)(O[Si](C)(O)c1ccccc1)c1ccccc1)c1ccccc1. The molecule has 0 spiro atoms. The summed E-state index contributed by atoms with van der Waals surface area (Å²) in [6.07, 6.45) is 0. The third kappa shape index (κ3) is 4.92. The molecule has 2 atom stereocenters. The molecule has 0 bridgehead atoms. The van der Waals surface area contributed by atoms with Gasteiger partial charge >= 0.3 is 17.1 Å². The third-order valence-corrected chi connectivity index (χ3v) is 14.4. The van der Waals surface area contributed by atoms with Crippen LogP contribution < -0.4 is 15.6 Å². The fraction of sp³-hybridized carbons (Fsp3) is 0.143. The highest BCUT2D eigenvalue weighted by molar-refractivity contribution is 6.95. The molecule has 2 unspecified atom stereocenters. The Bertz CT molecular complexity index is 844. The lowest BCUT2D eigenvalue weighted by Crippen LogP contribution is -2.64. The molecule has 0 saturated heterocycles. The molecule has 3 aromatic rings. The van der Waals surface area contributed by atoms with E-state index >= 15 is 0 Å². The van der Waals surface area contributed by atoms with Gasteiger partial charge in [-0.05, 0) is 35.2 Å². The summed E-state index contributed by atoms with van der Waals surface area (Å²) in [5, 5.41) is 3.09.